The molecule has 12 nitrogen and oxygen atoms in total. The van der Waals surface area contributed by atoms with Crippen LogP contribution in [0.5, 0.6) is 0 Å². The Balaban J connectivity index is 0.0000185. The van der Waals surface area contributed by atoms with Crippen molar-refractivity contribution in [3.63, 3.8) is 0 Å². The second-order valence-electron chi connectivity index (χ2n) is 12.3. The minimum atomic E-state index is -0.469. The summed E-state index contributed by atoms with van der Waals surface area (Å²) in [5.41, 5.74) is 0. The van der Waals surface area contributed by atoms with Crippen molar-refractivity contribution < 1.29 is 56.3 Å². The van der Waals surface area contributed by atoms with Gasteiger partial charge < -0.3 is 34.8 Å². The smallest absolute Gasteiger partial charge is 0.305 e. The van der Waals surface area contributed by atoms with Crippen molar-refractivity contribution in [3.8, 4) is 0 Å². The van der Waals surface area contributed by atoms with Gasteiger partial charge in [0.05, 0.1) is 18.3 Å². The fourth-order valence-electron chi connectivity index (χ4n) is 5.55. The van der Waals surface area contributed by atoms with E-state index in [1.165, 1.54) is 0 Å². The Morgan fingerprint density at radius 1 is 0.750 bits per heavy atom. The molecular weight excluding hydrogens is 615 g/mol. The third-order valence-corrected chi connectivity index (χ3v) is 7.64. The van der Waals surface area contributed by atoms with Gasteiger partial charge in [-0.25, -0.2) is 6.61 Å². The van der Waals surface area contributed by atoms with Crippen LogP contribution in [0.3, 0.4) is 0 Å². The monoisotopic (exact) mass is 676 g/mol. The van der Waals surface area contributed by atoms with Crippen LogP contribution in [-0.4, -0.2) is 161 Å². The zero-order chi connectivity index (χ0) is 32.2. The zero-order valence-corrected chi connectivity index (χ0v) is 28.8. The van der Waals surface area contributed by atoms with Crippen LogP contribution in [0, 0.1) is 6.61 Å². The summed E-state index contributed by atoms with van der Waals surface area (Å²) in [5.74, 6) is -0.395. The minimum absolute atomic E-state index is 0. The van der Waals surface area contributed by atoms with E-state index in [1.54, 1.807) is 20.8 Å². The number of hydrogen-bond acceptors (Lipinski definition) is 12. The molecule has 0 amide bonds. The van der Waals surface area contributed by atoms with Gasteiger partial charge in [0.1, 0.15) is 13.2 Å². The number of hydrogen-bond donors (Lipinski definition) is 4. The quantitative estimate of drug-likeness (QED) is 0.0660. The number of piperazine rings is 1. The molecule has 0 aromatic heterocycles. The van der Waals surface area contributed by atoms with E-state index in [0.29, 0.717) is 96.8 Å². The molecule has 0 aromatic rings. The van der Waals surface area contributed by atoms with Gasteiger partial charge in [-0.05, 0) is 73.4 Å². The summed E-state index contributed by atoms with van der Waals surface area (Å²) in [4.78, 5) is 33.0. The SMILES string of the molecule is CC(O)CN(C[CH-]O)CCCCC(=O)OCCN1CC(C)N(CCOC(=O)CCCCN(CC(C)O)CC(C)O)CC1C.[Co]. The van der Waals surface area contributed by atoms with Gasteiger partial charge in [0.25, 0.3) is 0 Å². The predicted molar refractivity (Wildman–Crippen MR) is 166 cm³/mol. The third kappa shape index (κ3) is 21.0. The molecule has 1 rings (SSSR count). The molecule has 1 aliphatic rings. The first-order valence-corrected chi connectivity index (χ1v) is 16.1. The summed E-state index contributed by atoms with van der Waals surface area (Å²) >= 11 is 0. The maximum absolute atomic E-state index is 12.2. The van der Waals surface area contributed by atoms with Crippen molar-refractivity contribution in [2.75, 3.05) is 78.7 Å². The Morgan fingerprint density at radius 2 is 1.14 bits per heavy atom. The Hall–Kier alpha value is -0.874. The normalized spacial score (nSPS) is 19.9. The molecule has 44 heavy (non-hydrogen) atoms. The molecular formula is C31H61CoN4O8-. The molecule has 0 aromatic carbocycles. The summed E-state index contributed by atoms with van der Waals surface area (Å²) in [6.07, 6.45) is 2.32. The number of carbonyl (C=O) groups excluding carboxylic acids is 2. The Bertz CT molecular complexity index is 739. The van der Waals surface area contributed by atoms with Crippen molar-refractivity contribution in [2.45, 2.75) is 104 Å². The zero-order valence-electron chi connectivity index (χ0n) is 27.7. The Labute approximate surface area is 276 Å². The molecule has 0 bridgehead atoms. The molecule has 5 unspecified atom stereocenters. The second-order valence-corrected chi connectivity index (χ2v) is 12.3. The Kier molecular flexibility index (Phi) is 24.7. The van der Waals surface area contributed by atoms with Gasteiger partial charge in [-0.2, -0.15) is 0 Å². The molecule has 0 spiro atoms. The summed E-state index contributed by atoms with van der Waals surface area (Å²) in [5, 5.41) is 37.8. The van der Waals surface area contributed by atoms with Crippen LogP contribution in [0.25, 0.3) is 0 Å². The third-order valence-electron chi connectivity index (χ3n) is 7.64. The van der Waals surface area contributed by atoms with Crippen molar-refractivity contribution in [3.05, 3.63) is 6.61 Å². The van der Waals surface area contributed by atoms with E-state index in [2.05, 4.69) is 23.6 Å². The summed E-state index contributed by atoms with van der Waals surface area (Å²) in [6, 6.07) is 0.584. The maximum Gasteiger partial charge on any atom is 0.305 e. The van der Waals surface area contributed by atoms with E-state index in [4.69, 9.17) is 14.6 Å². The van der Waals surface area contributed by atoms with Crippen molar-refractivity contribution >= 4 is 11.9 Å². The number of rotatable bonds is 24. The number of esters is 2. The van der Waals surface area contributed by atoms with Crippen LogP contribution < -0.4 is 0 Å². The van der Waals surface area contributed by atoms with E-state index in [9.17, 15) is 24.9 Å². The van der Waals surface area contributed by atoms with Crippen molar-refractivity contribution in [1.82, 2.24) is 19.6 Å². The first-order chi connectivity index (χ1) is 20.4. The van der Waals surface area contributed by atoms with E-state index in [1.807, 2.05) is 9.80 Å². The predicted octanol–water partition coefficient (Wildman–Crippen LogP) is 1.09. The minimum Gasteiger partial charge on any atom is -0.565 e. The fourth-order valence-corrected chi connectivity index (χ4v) is 5.55. The van der Waals surface area contributed by atoms with Crippen LogP contribution in [0.2, 0.25) is 0 Å². The molecule has 4 N–H and O–H groups in total. The molecule has 1 radical (unpaired) electrons. The van der Waals surface area contributed by atoms with Crippen LogP contribution in [0.1, 0.15) is 73.1 Å². The number of ether oxygens (including phenoxy) is 2. The molecule has 263 valence electrons. The van der Waals surface area contributed by atoms with Crippen LogP contribution in [-0.2, 0) is 35.8 Å². The number of carbonyl (C=O) groups is 2. The largest absolute Gasteiger partial charge is 0.565 e. The standard InChI is InChI=1S/C31H61N4O8.Co/c1-25-21-35(16-19-43-31(41)11-7-9-13-33(23-28(4)38)24-29(5)39)26(2)20-34(25)15-18-42-30(40)10-6-8-12-32(14-17-36)22-27(3)37;/h17,25-29,36-39H,6-16,18-24H2,1-5H3;/q-1;. The fraction of sp³-hybridized carbons (Fsp3) is 0.903. The molecule has 1 fully saturated rings. The van der Waals surface area contributed by atoms with E-state index < -0.39 is 18.3 Å². The number of nitrogens with zero attached hydrogens (tertiary/aromatic N) is 4. The van der Waals surface area contributed by atoms with Crippen LogP contribution in [0.15, 0.2) is 0 Å². The summed E-state index contributed by atoms with van der Waals surface area (Å²) < 4.78 is 11.0. The van der Waals surface area contributed by atoms with E-state index in [0.717, 1.165) is 39.1 Å². The van der Waals surface area contributed by atoms with E-state index in [-0.39, 0.29) is 28.7 Å². The summed E-state index contributed by atoms with van der Waals surface area (Å²) in [7, 11) is 0. The molecule has 1 heterocycles. The van der Waals surface area contributed by atoms with Gasteiger partial charge in [0.15, 0.2) is 0 Å². The first kappa shape index (κ1) is 43.1. The second kappa shape index (κ2) is 25.2. The maximum atomic E-state index is 12.2. The van der Waals surface area contributed by atoms with Gasteiger partial charge >= 0.3 is 11.9 Å². The van der Waals surface area contributed by atoms with Crippen molar-refractivity contribution in [1.29, 1.82) is 0 Å². The molecule has 5 atom stereocenters. The number of aliphatic hydroxyl groups is 4. The van der Waals surface area contributed by atoms with Gasteiger partial charge in [0.2, 0.25) is 0 Å². The average molecular weight is 677 g/mol. The number of unbranched alkanes of at least 4 members (excludes halogenated alkanes) is 2. The first-order valence-electron chi connectivity index (χ1n) is 16.1. The number of aliphatic hydroxyl groups excluding tert-OH is 4. The van der Waals surface area contributed by atoms with Crippen LogP contribution >= 0.6 is 0 Å². The molecule has 0 saturated carbocycles. The molecule has 0 aliphatic carbocycles. The van der Waals surface area contributed by atoms with Crippen molar-refractivity contribution in [2.24, 2.45) is 0 Å². The Morgan fingerprint density at radius 3 is 1.52 bits per heavy atom. The van der Waals surface area contributed by atoms with Gasteiger partial charge in [-0.15, -0.1) is 6.54 Å². The van der Waals surface area contributed by atoms with Gasteiger partial charge in [0, 0.05) is 87.5 Å². The average Bonchev–Trinajstić information content (AvgIpc) is 2.90. The molecule has 1 saturated heterocycles. The van der Waals surface area contributed by atoms with Gasteiger partial charge in [-0.1, -0.05) is 0 Å². The van der Waals surface area contributed by atoms with Crippen LogP contribution in [0.4, 0.5) is 0 Å². The topological polar surface area (TPSA) is 146 Å². The summed E-state index contributed by atoms with van der Waals surface area (Å²) in [6.45, 7) is 17.6. The van der Waals surface area contributed by atoms with Gasteiger partial charge in [-0.3, -0.25) is 24.3 Å². The van der Waals surface area contributed by atoms with E-state index >= 15 is 0 Å². The molecule has 13 heteroatoms. The molecule has 1 aliphatic heterocycles.